The summed E-state index contributed by atoms with van der Waals surface area (Å²) >= 11 is 7.55. The molecule has 0 aliphatic carbocycles. The first-order valence-electron chi connectivity index (χ1n) is 3.33. The van der Waals surface area contributed by atoms with Crippen LogP contribution >= 0.6 is 22.9 Å². The Labute approximate surface area is 74.4 Å². The number of fused-ring (bicyclic) bond motifs is 1. The molecule has 0 spiro atoms. The van der Waals surface area contributed by atoms with Gasteiger partial charge in [0.2, 0.25) is 0 Å². The molecular formula is C9H6ClS. The van der Waals surface area contributed by atoms with E-state index in [0.29, 0.717) is 0 Å². The molecule has 0 unspecified atom stereocenters. The molecule has 0 amide bonds. The van der Waals surface area contributed by atoms with Crippen LogP contribution in [0.4, 0.5) is 0 Å². The number of aryl methyl sites for hydroxylation is 1. The van der Waals surface area contributed by atoms with Crippen molar-refractivity contribution in [2.75, 3.05) is 0 Å². The van der Waals surface area contributed by atoms with Gasteiger partial charge in [-0.15, -0.1) is 11.3 Å². The van der Waals surface area contributed by atoms with Crippen LogP contribution in [0.5, 0.6) is 0 Å². The molecule has 1 aromatic carbocycles. The van der Waals surface area contributed by atoms with Gasteiger partial charge in [-0.05, 0) is 30.5 Å². The van der Waals surface area contributed by atoms with Gasteiger partial charge in [-0.25, -0.2) is 0 Å². The molecule has 0 atom stereocenters. The Balaban J connectivity index is 2.82. The van der Waals surface area contributed by atoms with E-state index in [-0.39, 0.29) is 0 Å². The van der Waals surface area contributed by atoms with Crippen molar-refractivity contribution in [2.24, 2.45) is 0 Å². The van der Waals surface area contributed by atoms with Crippen LogP contribution in [-0.4, -0.2) is 0 Å². The minimum atomic E-state index is 0.760. The van der Waals surface area contributed by atoms with Crippen LogP contribution in [0.3, 0.4) is 0 Å². The summed E-state index contributed by atoms with van der Waals surface area (Å²) in [5.41, 5.74) is 0. The Morgan fingerprint density at radius 3 is 3.09 bits per heavy atom. The van der Waals surface area contributed by atoms with Gasteiger partial charge in [0.25, 0.3) is 0 Å². The smallest absolute Gasteiger partial charge is 0.0425 e. The molecule has 1 heterocycles. The van der Waals surface area contributed by atoms with E-state index in [1.54, 1.807) is 17.4 Å². The lowest BCUT2D eigenvalue weighted by atomic mass is 10.2. The van der Waals surface area contributed by atoms with E-state index in [2.05, 4.69) is 19.1 Å². The van der Waals surface area contributed by atoms with Crippen molar-refractivity contribution in [2.45, 2.75) is 6.92 Å². The molecule has 11 heavy (non-hydrogen) atoms. The van der Waals surface area contributed by atoms with E-state index in [9.17, 15) is 0 Å². The molecule has 1 aromatic heterocycles. The number of hydrogen-bond donors (Lipinski definition) is 0. The van der Waals surface area contributed by atoms with Crippen LogP contribution in [0.25, 0.3) is 10.1 Å². The van der Waals surface area contributed by atoms with Gasteiger partial charge >= 0.3 is 0 Å². The van der Waals surface area contributed by atoms with E-state index < -0.39 is 0 Å². The highest BCUT2D eigenvalue weighted by Crippen LogP contribution is 2.26. The summed E-state index contributed by atoms with van der Waals surface area (Å²) in [5.74, 6) is 0. The zero-order valence-electron chi connectivity index (χ0n) is 6.02. The third-order valence-electron chi connectivity index (χ3n) is 1.52. The lowest BCUT2D eigenvalue weighted by Crippen LogP contribution is -1.62. The molecule has 1 radical (unpaired) electrons. The molecular weight excluding hydrogens is 176 g/mol. The second-order valence-corrected chi connectivity index (χ2v) is 4.15. The van der Waals surface area contributed by atoms with Crippen LogP contribution in [-0.2, 0) is 0 Å². The molecule has 2 heteroatoms. The lowest BCUT2D eigenvalue weighted by molar-refractivity contribution is 1.65. The number of rotatable bonds is 0. The maximum atomic E-state index is 5.80. The monoisotopic (exact) mass is 181 g/mol. The van der Waals surface area contributed by atoms with Gasteiger partial charge in [0.15, 0.2) is 0 Å². The highest BCUT2D eigenvalue weighted by Gasteiger charge is 1.97. The first-order valence-corrected chi connectivity index (χ1v) is 4.52. The van der Waals surface area contributed by atoms with Crippen LogP contribution in [0.15, 0.2) is 18.2 Å². The van der Waals surface area contributed by atoms with E-state index >= 15 is 0 Å². The molecule has 0 nitrogen and oxygen atoms in total. The minimum absolute atomic E-state index is 0.760. The van der Waals surface area contributed by atoms with Crippen molar-refractivity contribution < 1.29 is 0 Å². The molecule has 0 N–H and O–H groups in total. The van der Waals surface area contributed by atoms with Crippen LogP contribution in [0.2, 0.25) is 5.02 Å². The summed E-state index contributed by atoms with van der Waals surface area (Å²) in [4.78, 5) is 1.30. The van der Waals surface area contributed by atoms with E-state index in [0.717, 1.165) is 5.02 Å². The average Bonchev–Trinajstić information content (AvgIpc) is 2.27. The van der Waals surface area contributed by atoms with E-state index in [1.807, 2.05) is 6.07 Å². The number of halogens is 1. The van der Waals surface area contributed by atoms with Crippen molar-refractivity contribution in [3.05, 3.63) is 34.2 Å². The first kappa shape index (κ1) is 7.14. The highest BCUT2D eigenvalue weighted by molar-refractivity contribution is 7.18. The number of hydrogen-bond acceptors (Lipinski definition) is 1. The summed E-state index contributed by atoms with van der Waals surface area (Å²) < 4.78 is 1.19. The van der Waals surface area contributed by atoms with Crippen LogP contribution in [0.1, 0.15) is 4.88 Å². The topological polar surface area (TPSA) is 0 Å². The maximum absolute atomic E-state index is 5.80. The van der Waals surface area contributed by atoms with Crippen molar-refractivity contribution in [1.29, 1.82) is 0 Å². The quantitative estimate of drug-likeness (QED) is 0.582. The van der Waals surface area contributed by atoms with Gasteiger partial charge in [0.05, 0.1) is 0 Å². The summed E-state index contributed by atoms with van der Waals surface area (Å²) in [7, 11) is 0. The van der Waals surface area contributed by atoms with Crippen molar-refractivity contribution in [3.63, 3.8) is 0 Å². The van der Waals surface area contributed by atoms with Crippen molar-refractivity contribution in [3.8, 4) is 0 Å². The molecule has 0 saturated heterocycles. The lowest BCUT2D eigenvalue weighted by Gasteiger charge is -1.87. The standard InChI is InChI=1S/C9H6ClS/c1-6-4-7-5-8(10)2-3-9(7)11-6/h2,4-5H,1H3. The molecule has 2 rings (SSSR count). The van der Waals surface area contributed by atoms with Gasteiger partial charge in [-0.3, -0.25) is 0 Å². The third-order valence-corrected chi connectivity index (χ3v) is 2.73. The second kappa shape index (κ2) is 2.50. The Bertz CT molecular complexity index is 389. The van der Waals surface area contributed by atoms with Gasteiger partial charge in [0.1, 0.15) is 0 Å². The molecule has 0 aliphatic heterocycles. The molecule has 0 saturated carbocycles. The third kappa shape index (κ3) is 1.26. The molecule has 0 bridgehead atoms. The fraction of sp³-hybridized carbons (Fsp3) is 0.111. The van der Waals surface area contributed by atoms with E-state index in [4.69, 9.17) is 11.6 Å². The minimum Gasteiger partial charge on any atom is -0.140 e. The number of benzene rings is 1. The fourth-order valence-corrected chi connectivity index (χ4v) is 2.11. The molecule has 2 aromatic rings. The SMILES string of the molecule is Cc1cc2cc(Cl)c[c]c2s1. The maximum Gasteiger partial charge on any atom is 0.0425 e. The Morgan fingerprint density at radius 1 is 1.45 bits per heavy atom. The zero-order valence-corrected chi connectivity index (χ0v) is 7.59. The average molecular weight is 182 g/mol. The Kier molecular flexibility index (Phi) is 1.63. The van der Waals surface area contributed by atoms with Crippen molar-refractivity contribution in [1.82, 2.24) is 0 Å². The van der Waals surface area contributed by atoms with Crippen molar-refractivity contribution >= 4 is 33.0 Å². The summed E-state index contributed by atoms with van der Waals surface area (Å²) in [6.45, 7) is 2.09. The Hall–Kier alpha value is -0.530. The molecule has 0 aliphatic rings. The summed E-state index contributed by atoms with van der Waals surface area (Å²) in [6.07, 6.45) is 0. The normalized spacial score (nSPS) is 10.7. The number of thiophene rings is 1. The summed E-state index contributed by atoms with van der Waals surface area (Å²) in [5, 5.41) is 1.95. The van der Waals surface area contributed by atoms with Gasteiger partial charge in [0, 0.05) is 20.7 Å². The van der Waals surface area contributed by atoms with E-state index in [1.165, 1.54) is 15.0 Å². The van der Waals surface area contributed by atoms with Crippen LogP contribution in [0, 0.1) is 13.0 Å². The van der Waals surface area contributed by atoms with Gasteiger partial charge in [-0.1, -0.05) is 11.6 Å². The van der Waals surface area contributed by atoms with Gasteiger partial charge in [-0.2, -0.15) is 0 Å². The first-order chi connectivity index (χ1) is 5.25. The Morgan fingerprint density at radius 2 is 2.27 bits per heavy atom. The second-order valence-electron chi connectivity index (χ2n) is 2.46. The van der Waals surface area contributed by atoms with Gasteiger partial charge < -0.3 is 0 Å². The largest absolute Gasteiger partial charge is 0.140 e. The predicted octanol–water partition coefficient (Wildman–Crippen LogP) is 3.66. The predicted molar refractivity (Wildman–Crippen MR) is 50.4 cm³/mol. The summed E-state index contributed by atoms with van der Waals surface area (Å²) in [6, 6.07) is 9.03. The zero-order chi connectivity index (χ0) is 7.84. The van der Waals surface area contributed by atoms with Crippen LogP contribution < -0.4 is 0 Å². The fourth-order valence-electron chi connectivity index (χ4n) is 1.08. The highest BCUT2D eigenvalue weighted by atomic mass is 35.5. The molecule has 55 valence electrons. The molecule has 0 fully saturated rings.